The fraction of sp³-hybridized carbons (Fsp3) is 1.00. The van der Waals surface area contributed by atoms with Crippen molar-refractivity contribution in [2.45, 2.75) is 70.4 Å². The number of ether oxygens (including phenoxy) is 5. The van der Waals surface area contributed by atoms with Crippen molar-refractivity contribution < 1.29 is 38.6 Å². The third kappa shape index (κ3) is 4.11. The second-order valence-corrected chi connectivity index (χ2v) is 9.09. The summed E-state index contributed by atoms with van der Waals surface area (Å²) in [6.45, 7) is 8.63. The molecular formula is C21H36O8. The minimum Gasteiger partial charge on any atom is -0.394 e. The Morgan fingerprint density at radius 2 is 1.69 bits per heavy atom. The van der Waals surface area contributed by atoms with Crippen molar-refractivity contribution in [1.29, 1.82) is 0 Å². The summed E-state index contributed by atoms with van der Waals surface area (Å²) in [5.41, 5.74) is -0.548. The Bertz CT molecular complexity index is 547. The van der Waals surface area contributed by atoms with E-state index >= 15 is 0 Å². The van der Waals surface area contributed by atoms with Gasteiger partial charge < -0.3 is 28.8 Å². The van der Waals surface area contributed by atoms with Crippen LogP contribution in [0.1, 0.15) is 46.5 Å². The van der Waals surface area contributed by atoms with Gasteiger partial charge in [-0.3, -0.25) is 0 Å². The fourth-order valence-corrected chi connectivity index (χ4v) is 5.67. The maximum atomic E-state index is 8.68. The molecule has 4 aliphatic heterocycles. The minimum absolute atomic E-state index is 0.0271. The van der Waals surface area contributed by atoms with Gasteiger partial charge in [0.1, 0.15) is 0 Å². The molecule has 8 atom stereocenters. The molecule has 0 amide bonds. The average Bonchev–Trinajstić information content (AvgIpc) is 2.93. The third-order valence-corrected chi connectivity index (χ3v) is 7.21. The Balaban J connectivity index is 1.36. The first kappa shape index (κ1) is 21.9. The van der Waals surface area contributed by atoms with Crippen LogP contribution < -0.4 is 0 Å². The number of fused-ring (bicyclic) bond motifs is 2. The molecule has 5 fully saturated rings. The summed E-state index contributed by atoms with van der Waals surface area (Å²) in [7, 11) is 0. The van der Waals surface area contributed by atoms with Crippen molar-refractivity contribution in [2.24, 2.45) is 23.7 Å². The van der Waals surface area contributed by atoms with Gasteiger partial charge in [-0.15, -0.1) is 0 Å². The molecule has 1 N–H and O–H groups in total. The van der Waals surface area contributed by atoms with Gasteiger partial charge in [0.05, 0.1) is 39.6 Å². The molecule has 5 aliphatic rings. The largest absolute Gasteiger partial charge is 0.394 e. The highest BCUT2D eigenvalue weighted by Gasteiger charge is 2.69. The second kappa shape index (κ2) is 9.04. The van der Waals surface area contributed by atoms with Gasteiger partial charge in [0, 0.05) is 18.3 Å². The Kier molecular flexibility index (Phi) is 6.83. The summed E-state index contributed by atoms with van der Waals surface area (Å²) in [6, 6.07) is 0. The molecule has 0 aromatic carbocycles. The molecule has 0 radical (unpaired) electrons. The Labute approximate surface area is 173 Å². The van der Waals surface area contributed by atoms with E-state index < -0.39 is 17.7 Å². The molecule has 2 bridgehead atoms. The van der Waals surface area contributed by atoms with Crippen LogP contribution >= 0.6 is 0 Å². The zero-order chi connectivity index (χ0) is 20.5. The smallest absolute Gasteiger partial charge is 0.201 e. The van der Waals surface area contributed by atoms with Crippen molar-refractivity contribution in [3.05, 3.63) is 0 Å². The molecule has 4 saturated heterocycles. The van der Waals surface area contributed by atoms with Crippen molar-refractivity contribution in [3.63, 3.8) is 0 Å². The van der Waals surface area contributed by atoms with Crippen molar-refractivity contribution >= 4 is 0 Å². The van der Waals surface area contributed by atoms with Gasteiger partial charge in [0.15, 0.2) is 18.2 Å². The fourth-order valence-electron chi connectivity index (χ4n) is 5.67. The second-order valence-electron chi connectivity index (χ2n) is 9.09. The van der Waals surface area contributed by atoms with Crippen LogP contribution in [-0.4, -0.2) is 68.7 Å². The first-order valence-corrected chi connectivity index (χ1v) is 11.1. The maximum absolute atomic E-state index is 8.68. The van der Waals surface area contributed by atoms with Crippen LogP contribution in [0.15, 0.2) is 0 Å². The van der Waals surface area contributed by atoms with Gasteiger partial charge in [0.2, 0.25) is 5.79 Å². The normalized spacial score (nSPS) is 46.3. The number of hydrogen-bond acceptors (Lipinski definition) is 8. The Morgan fingerprint density at radius 1 is 0.931 bits per heavy atom. The molecule has 4 heterocycles. The van der Waals surface area contributed by atoms with E-state index in [2.05, 4.69) is 13.8 Å². The molecular weight excluding hydrogens is 380 g/mol. The van der Waals surface area contributed by atoms with E-state index in [0.29, 0.717) is 44.9 Å². The highest BCUT2D eigenvalue weighted by Crippen LogP contribution is 2.60. The summed E-state index contributed by atoms with van der Waals surface area (Å²) in [5.74, 6) is 0.587. The molecule has 1 saturated carbocycles. The summed E-state index contributed by atoms with van der Waals surface area (Å²) >= 11 is 0. The first-order valence-electron chi connectivity index (χ1n) is 11.1. The molecule has 1 spiro atoms. The van der Waals surface area contributed by atoms with Crippen molar-refractivity contribution in [3.8, 4) is 0 Å². The quantitative estimate of drug-likeness (QED) is 0.453. The lowest BCUT2D eigenvalue weighted by Crippen LogP contribution is -2.70. The lowest BCUT2D eigenvalue weighted by Gasteiger charge is -2.60. The SMILES string of the molecule is C[C@H]1[C@@H](OCCOCCOCCO)O[C@@H]2O[C@]3(C)CC[C@H]4[C@H](C)CC[C@@H]1[C@@]24OO3. The molecule has 5 rings (SSSR count). The zero-order valence-electron chi connectivity index (χ0n) is 17.8. The summed E-state index contributed by atoms with van der Waals surface area (Å²) in [6.07, 6.45) is 3.24. The number of aliphatic hydroxyl groups excluding tert-OH is 1. The monoisotopic (exact) mass is 416 g/mol. The zero-order valence-corrected chi connectivity index (χ0v) is 17.8. The maximum Gasteiger partial charge on any atom is 0.201 e. The summed E-state index contributed by atoms with van der Waals surface area (Å²) in [5, 5.41) is 8.68. The molecule has 8 heteroatoms. The van der Waals surface area contributed by atoms with Gasteiger partial charge in [-0.1, -0.05) is 13.8 Å². The number of aliphatic hydroxyl groups is 1. The highest BCUT2D eigenvalue weighted by atomic mass is 17.3. The van der Waals surface area contributed by atoms with E-state index in [4.69, 9.17) is 38.6 Å². The van der Waals surface area contributed by atoms with Gasteiger partial charge in [-0.2, -0.15) is 0 Å². The lowest BCUT2D eigenvalue weighted by atomic mass is 9.58. The van der Waals surface area contributed by atoms with E-state index in [1.54, 1.807) is 0 Å². The van der Waals surface area contributed by atoms with Crippen LogP contribution in [0, 0.1) is 23.7 Å². The Hall–Kier alpha value is -0.320. The van der Waals surface area contributed by atoms with E-state index in [1.807, 2.05) is 6.92 Å². The lowest BCUT2D eigenvalue weighted by molar-refractivity contribution is -0.577. The van der Waals surface area contributed by atoms with Crippen LogP contribution in [0.25, 0.3) is 0 Å². The van der Waals surface area contributed by atoms with Crippen LogP contribution in [0.5, 0.6) is 0 Å². The van der Waals surface area contributed by atoms with Gasteiger partial charge >= 0.3 is 0 Å². The summed E-state index contributed by atoms with van der Waals surface area (Å²) in [4.78, 5) is 12.0. The van der Waals surface area contributed by atoms with Crippen molar-refractivity contribution in [1.82, 2.24) is 0 Å². The summed E-state index contributed by atoms with van der Waals surface area (Å²) < 4.78 is 29.4. The van der Waals surface area contributed by atoms with Crippen LogP contribution in [0.2, 0.25) is 0 Å². The predicted molar refractivity (Wildman–Crippen MR) is 102 cm³/mol. The first-order chi connectivity index (χ1) is 14.0. The van der Waals surface area contributed by atoms with E-state index in [1.165, 1.54) is 6.42 Å². The molecule has 168 valence electrons. The topological polar surface area (TPSA) is 84.8 Å². The van der Waals surface area contributed by atoms with Crippen LogP contribution in [-0.2, 0) is 33.5 Å². The molecule has 0 unspecified atom stereocenters. The highest BCUT2D eigenvalue weighted by molar-refractivity contribution is 5.09. The van der Waals surface area contributed by atoms with Crippen molar-refractivity contribution in [2.75, 3.05) is 39.6 Å². The van der Waals surface area contributed by atoms with Gasteiger partial charge in [0.25, 0.3) is 0 Å². The molecule has 0 aromatic heterocycles. The molecule has 29 heavy (non-hydrogen) atoms. The predicted octanol–water partition coefficient (Wildman–Crippen LogP) is 2.24. The Morgan fingerprint density at radius 3 is 2.48 bits per heavy atom. The number of rotatable bonds is 9. The van der Waals surface area contributed by atoms with E-state index in [9.17, 15) is 0 Å². The van der Waals surface area contributed by atoms with E-state index in [0.717, 1.165) is 19.3 Å². The number of hydrogen-bond donors (Lipinski definition) is 1. The van der Waals surface area contributed by atoms with Gasteiger partial charge in [-0.25, -0.2) is 9.78 Å². The molecule has 0 aromatic rings. The standard InChI is InChI=1S/C21H36O8/c1-14-4-5-17-15(2)18(25-13-12-24-11-10-23-9-8-22)26-19-21(17)16(14)6-7-20(3,27-19)28-29-21/h14-19,22H,4-13H2,1-3H3/t14-,15-,16+,17+,18+,19-,20+,21-/m1/s1. The van der Waals surface area contributed by atoms with Gasteiger partial charge in [-0.05, 0) is 38.0 Å². The minimum atomic E-state index is -0.764. The average molecular weight is 417 g/mol. The third-order valence-electron chi connectivity index (χ3n) is 7.21. The molecule has 1 aliphatic carbocycles. The van der Waals surface area contributed by atoms with Crippen LogP contribution in [0.3, 0.4) is 0 Å². The molecule has 8 nitrogen and oxygen atoms in total. The van der Waals surface area contributed by atoms with E-state index in [-0.39, 0.29) is 24.7 Å². The van der Waals surface area contributed by atoms with Crippen LogP contribution in [0.4, 0.5) is 0 Å².